The molecule has 182 valence electrons. The molecule has 36 heavy (non-hydrogen) atoms. The normalized spacial score (nSPS) is 14.5. The maximum absolute atomic E-state index is 13.7. The highest BCUT2D eigenvalue weighted by molar-refractivity contribution is 7.22. The topological polar surface area (TPSA) is 93.8 Å². The maximum Gasteiger partial charge on any atom is 0.195 e. The Hall–Kier alpha value is -3.86. The number of nitriles is 1. The van der Waals surface area contributed by atoms with Gasteiger partial charge in [-0.1, -0.05) is 0 Å². The molecule has 1 fully saturated rings. The van der Waals surface area contributed by atoms with E-state index in [1.165, 1.54) is 11.3 Å². The second-order valence-corrected chi connectivity index (χ2v) is 10.0. The van der Waals surface area contributed by atoms with Crippen LogP contribution in [0.5, 0.6) is 17.2 Å². The molecule has 1 aliphatic heterocycles. The maximum atomic E-state index is 13.7. The van der Waals surface area contributed by atoms with Crippen LogP contribution in [-0.4, -0.2) is 46.6 Å². The van der Waals surface area contributed by atoms with Gasteiger partial charge in [0.05, 0.1) is 6.07 Å². The molecule has 1 aliphatic rings. The number of aromatic hydroxyl groups is 2. The van der Waals surface area contributed by atoms with E-state index in [0.29, 0.717) is 17.5 Å². The number of benzene rings is 3. The van der Waals surface area contributed by atoms with Crippen LogP contribution in [0.4, 0.5) is 0 Å². The Labute approximate surface area is 213 Å². The van der Waals surface area contributed by atoms with Crippen LogP contribution in [0.25, 0.3) is 20.5 Å². The van der Waals surface area contributed by atoms with E-state index in [1.54, 1.807) is 54.6 Å². The van der Waals surface area contributed by atoms with Gasteiger partial charge in [0.15, 0.2) is 5.78 Å². The molecular weight excluding hydrogens is 472 g/mol. The number of carbonyl (C=O) groups excluding carboxylic acids is 1. The van der Waals surface area contributed by atoms with E-state index >= 15 is 0 Å². The third-order valence-electron chi connectivity index (χ3n) is 6.52. The molecule has 2 N–H and O–H groups in total. The van der Waals surface area contributed by atoms with Crippen LogP contribution in [0.3, 0.4) is 0 Å². The monoisotopic (exact) mass is 498 g/mol. The fourth-order valence-corrected chi connectivity index (χ4v) is 5.85. The molecule has 0 amide bonds. The summed E-state index contributed by atoms with van der Waals surface area (Å²) in [4.78, 5) is 16.8. The Bertz CT molecular complexity index is 1410. The molecule has 6 nitrogen and oxygen atoms in total. The van der Waals surface area contributed by atoms with Crippen LogP contribution in [0.2, 0.25) is 0 Å². The lowest BCUT2D eigenvalue weighted by Crippen LogP contribution is -2.38. The van der Waals surface area contributed by atoms with Crippen LogP contribution in [0.1, 0.15) is 35.2 Å². The molecule has 0 saturated carbocycles. The second-order valence-electron chi connectivity index (χ2n) is 8.95. The fourth-order valence-electron chi connectivity index (χ4n) is 4.61. The number of piperidine rings is 1. The van der Waals surface area contributed by atoms with Crippen molar-refractivity contribution in [1.82, 2.24) is 4.90 Å². The SMILES string of the molecule is N#CCCN1CCC(Oc2ccc(C(=O)c3c(-c4ccc(O)cc4)sc4cc(O)ccc34)cc2)CC1. The predicted molar refractivity (Wildman–Crippen MR) is 141 cm³/mol. The van der Waals surface area contributed by atoms with Gasteiger partial charge in [0.25, 0.3) is 0 Å². The summed E-state index contributed by atoms with van der Waals surface area (Å²) in [5.41, 5.74) is 1.97. The number of rotatable bonds is 7. The first-order chi connectivity index (χ1) is 17.5. The smallest absolute Gasteiger partial charge is 0.195 e. The van der Waals surface area contributed by atoms with Crippen molar-refractivity contribution in [2.45, 2.75) is 25.4 Å². The van der Waals surface area contributed by atoms with Gasteiger partial charge >= 0.3 is 0 Å². The average molecular weight is 499 g/mol. The van der Waals surface area contributed by atoms with Crippen molar-refractivity contribution in [3.8, 4) is 33.8 Å². The van der Waals surface area contributed by atoms with Crippen LogP contribution in [0, 0.1) is 11.3 Å². The summed E-state index contributed by atoms with van der Waals surface area (Å²) in [5, 5.41) is 29.2. The number of phenols is 2. The first-order valence-electron chi connectivity index (χ1n) is 12.0. The summed E-state index contributed by atoms with van der Waals surface area (Å²) in [6.45, 7) is 2.65. The van der Waals surface area contributed by atoms with Gasteiger partial charge < -0.3 is 19.8 Å². The van der Waals surface area contributed by atoms with Crippen molar-refractivity contribution in [3.05, 3.63) is 77.9 Å². The van der Waals surface area contributed by atoms with Gasteiger partial charge in [0.2, 0.25) is 0 Å². The Morgan fingerprint density at radius 1 is 1.00 bits per heavy atom. The van der Waals surface area contributed by atoms with E-state index < -0.39 is 0 Å². The first kappa shape index (κ1) is 23.9. The number of thiophene rings is 1. The third-order valence-corrected chi connectivity index (χ3v) is 7.73. The van der Waals surface area contributed by atoms with E-state index in [0.717, 1.165) is 58.8 Å². The van der Waals surface area contributed by atoms with E-state index in [4.69, 9.17) is 10.00 Å². The Morgan fingerprint density at radius 2 is 1.69 bits per heavy atom. The van der Waals surface area contributed by atoms with E-state index in [9.17, 15) is 15.0 Å². The third kappa shape index (κ3) is 5.06. The molecule has 0 radical (unpaired) electrons. The number of fused-ring (bicyclic) bond motifs is 1. The van der Waals surface area contributed by atoms with Crippen molar-refractivity contribution in [3.63, 3.8) is 0 Å². The number of hydrogen-bond donors (Lipinski definition) is 2. The van der Waals surface area contributed by atoms with Crippen LogP contribution in [0.15, 0.2) is 66.7 Å². The molecule has 0 spiro atoms. The molecule has 1 saturated heterocycles. The average Bonchev–Trinajstić information content (AvgIpc) is 3.27. The molecule has 4 aromatic rings. The lowest BCUT2D eigenvalue weighted by molar-refractivity contribution is 0.102. The zero-order valence-electron chi connectivity index (χ0n) is 19.7. The molecular formula is C29H26N2O4S. The van der Waals surface area contributed by atoms with Crippen molar-refractivity contribution < 1.29 is 19.7 Å². The van der Waals surface area contributed by atoms with Crippen LogP contribution < -0.4 is 4.74 Å². The molecule has 0 aliphatic carbocycles. The van der Waals surface area contributed by atoms with Crippen molar-refractivity contribution in [1.29, 1.82) is 5.26 Å². The zero-order chi connectivity index (χ0) is 25.1. The number of ether oxygens (including phenoxy) is 1. The van der Waals surface area contributed by atoms with Gasteiger partial charge in [-0.05, 0) is 85.1 Å². The molecule has 0 unspecified atom stereocenters. The molecule has 1 aromatic heterocycles. The molecule has 0 bridgehead atoms. The van der Waals surface area contributed by atoms with Crippen molar-refractivity contribution in [2.24, 2.45) is 0 Å². The largest absolute Gasteiger partial charge is 0.508 e. The molecule has 5 rings (SSSR count). The summed E-state index contributed by atoms with van der Waals surface area (Å²) < 4.78 is 6.99. The zero-order valence-corrected chi connectivity index (χ0v) is 20.5. The summed E-state index contributed by atoms with van der Waals surface area (Å²) in [7, 11) is 0. The van der Waals surface area contributed by atoms with E-state index in [2.05, 4.69) is 11.0 Å². The molecule has 3 aromatic carbocycles. The molecule has 2 heterocycles. The second kappa shape index (κ2) is 10.4. The number of nitrogens with zero attached hydrogens (tertiary/aromatic N) is 2. The van der Waals surface area contributed by atoms with Gasteiger partial charge in [0.1, 0.15) is 23.4 Å². The van der Waals surface area contributed by atoms with Crippen molar-refractivity contribution in [2.75, 3.05) is 19.6 Å². The van der Waals surface area contributed by atoms with Gasteiger partial charge in [-0.2, -0.15) is 5.26 Å². The minimum atomic E-state index is -0.104. The highest BCUT2D eigenvalue weighted by atomic mass is 32.1. The standard InChI is InChI=1S/C29H26N2O4S/c30-14-1-15-31-16-12-24(13-17-31)35-23-9-4-19(5-10-23)28(34)27-25-11-8-22(33)18-26(25)36-29(27)20-2-6-21(32)7-3-20/h2-11,18,24,32-33H,1,12-13,15-17H2. The summed E-state index contributed by atoms with van der Waals surface area (Å²) in [5.74, 6) is 0.944. The quantitative estimate of drug-likeness (QED) is 0.305. The van der Waals surface area contributed by atoms with Crippen LogP contribution >= 0.6 is 11.3 Å². The highest BCUT2D eigenvalue weighted by Crippen LogP contribution is 2.41. The highest BCUT2D eigenvalue weighted by Gasteiger charge is 2.23. The number of carbonyl (C=O) groups is 1. The lowest BCUT2D eigenvalue weighted by atomic mass is 9.97. The summed E-state index contributed by atoms with van der Waals surface area (Å²) in [6.07, 6.45) is 2.50. The minimum absolute atomic E-state index is 0.104. The molecule has 0 atom stereocenters. The van der Waals surface area contributed by atoms with E-state index in [-0.39, 0.29) is 23.4 Å². The Kier molecular flexibility index (Phi) is 6.90. The van der Waals surface area contributed by atoms with Crippen LogP contribution in [-0.2, 0) is 0 Å². The number of ketones is 1. The van der Waals surface area contributed by atoms with Gasteiger partial charge in [-0.3, -0.25) is 4.79 Å². The lowest BCUT2D eigenvalue weighted by Gasteiger charge is -2.31. The summed E-state index contributed by atoms with van der Waals surface area (Å²) >= 11 is 1.44. The van der Waals surface area contributed by atoms with Gasteiger partial charge in [-0.15, -0.1) is 11.3 Å². The predicted octanol–water partition coefficient (Wildman–Crippen LogP) is 5.97. The number of likely N-dealkylation sites (tertiary alicyclic amines) is 1. The Balaban J connectivity index is 1.37. The molecule has 7 heteroatoms. The number of hydrogen-bond acceptors (Lipinski definition) is 7. The first-order valence-corrected chi connectivity index (χ1v) is 12.8. The number of phenolic OH excluding ortho intramolecular Hbond substituents is 2. The van der Waals surface area contributed by atoms with Crippen molar-refractivity contribution >= 4 is 27.2 Å². The van der Waals surface area contributed by atoms with E-state index in [1.807, 2.05) is 12.1 Å². The Morgan fingerprint density at radius 3 is 2.39 bits per heavy atom. The fraction of sp³-hybridized carbons (Fsp3) is 0.241. The minimum Gasteiger partial charge on any atom is -0.508 e. The van der Waals surface area contributed by atoms with Gasteiger partial charge in [-0.25, -0.2) is 0 Å². The van der Waals surface area contributed by atoms with Gasteiger partial charge in [0, 0.05) is 52.1 Å². The summed E-state index contributed by atoms with van der Waals surface area (Å²) in [6, 6.07) is 21.3.